The van der Waals surface area contributed by atoms with Crippen molar-refractivity contribution in [1.29, 1.82) is 5.26 Å². The van der Waals surface area contributed by atoms with Gasteiger partial charge in [0, 0.05) is 4.90 Å². The predicted molar refractivity (Wildman–Crippen MR) is 65.7 cm³/mol. The molecule has 0 atom stereocenters. The molecule has 0 bridgehead atoms. The molecule has 1 aromatic rings. The lowest BCUT2D eigenvalue weighted by Crippen LogP contribution is -2.13. The Morgan fingerprint density at radius 1 is 1.41 bits per heavy atom. The summed E-state index contributed by atoms with van der Waals surface area (Å²) < 4.78 is 70.6. The molecule has 0 unspecified atom stereocenters. The van der Waals surface area contributed by atoms with E-state index in [0.29, 0.717) is 0 Å². The number of nitrogens with zero attached hydrogens (tertiary/aromatic N) is 1. The second kappa shape index (κ2) is 7.31. The van der Waals surface area contributed by atoms with Crippen LogP contribution in [-0.2, 0) is 4.74 Å². The zero-order valence-electron chi connectivity index (χ0n) is 10.9. The second-order valence-electron chi connectivity index (χ2n) is 3.57. The molecule has 1 rings (SSSR count). The Balaban J connectivity index is 3.45. The van der Waals surface area contributed by atoms with Crippen molar-refractivity contribution in [2.75, 3.05) is 6.61 Å². The van der Waals surface area contributed by atoms with E-state index < -0.39 is 51.6 Å². The third kappa shape index (κ3) is 4.77. The number of rotatable bonds is 5. The summed E-state index contributed by atoms with van der Waals surface area (Å²) >= 11 is -0.644. The minimum absolute atomic E-state index is 0.158. The summed E-state index contributed by atoms with van der Waals surface area (Å²) in [4.78, 5) is 11.1. The van der Waals surface area contributed by atoms with Crippen molar-refractivity contribution in [2.45, 2.75) is 23.9 Å². The van der Waals surface area contributed by atoms with Crippen LogP contribution in [0.25, 0.3) is 0 Å². The van der Waals surface area contributed by atoms with Crippen LogP contribution in [-0.4, -0.2) is 24.7 Å². The highest BCUT2D eigenvalue weighted by Crippen LogP contribution is 2.41. The van der Waals surface area contributed by atoms with Gasteiger partial charge in [0.25, 0.3) is 0 Å². The summed E-state index contributed by atoms with van der Waals surface area (Å²) in [7, 11) is 0. The van der Waals surface area contributed by atoms with Crippen molar-refractivity contribution in [3.8, 4) is 11.8 Å². The van der Waals surface area contributed by atoms with Gasteiger partial charge in [-0.2, -0.15) is 27.2 Å². The molecule has 120 valence electrons. The molecular weight excluding hydrogens is 333 g/mol. The largest absolute Gasteiger partial charge is 0.462 e. The van der Waals surface area contributed by atoms with Crippen LogP contribution < -0.4 is 4.74 Å². The zero-order chi connectivity index (χ0) is 16.9. The Morgan fingerprint density at radius 2 is 2.05 bits per heavy atom. The number of esters is 1. The number of ether oxygens (including phenoxy) is 2. The number of nitriles is 1. The minimum Gasteiger partial charge on any atom is -0.462 e. The monoisotopic (exact) mass is 341 g/mol. The van der Waals surface area contributed by atoms with Crippen LogP contribution >= 0.6 is 11.8 Å². The molecule has 0 saturated heterocycles. The topological polar surface area (TPSA) is 59.3 Å². The molecule has 4 nitrogen and oxygen atoms in total. The van der Waals surface area contributed by atoms with E-state index in [0.717, 1.165) is 12.1 Å². The summed E-state index contributed by atoms with van der Waals surface area (Å²) in [6, 6.07) is 2.93. The first-order valence-electron chi connectivity index (χ1n) is 5.64. The molecule has 0 N–H and O–H groups in total. The maximum absolute atomic E-state index is 12.4. The lowest BCUT2D eigenvalue weighted by Gasteiger charge is -2.14. The number of halogens is 5. The molecule has 0 spiro atoms. The molecule has 10 heteroatoms. The first-order chi connectivity index (χ1) is 10.2. The third-order valence-electron chi connectivity index (χ3n) is 2.16. The second-order valence-corrected chi connectivity index (χ2v) is 4.68. The van der Waals surface area contributed by atoms with Crippen LogP contribution in [0, 0.1) is 11.3 Å². The van der Waals surface area contributed by atoms with E-state index in [1.54, 1.807) is 0 Å². The van der Waals surface area contributed by atoms with E-state index in [9.17, 15) is 26.7 Å². The standard InChI is InChI=1S/C12H8F5NO3S/c1-2-20-10(19)9-6(5-18)8(22-12(15,16)17)4-3-7(9)21-11(13)14/h3-4,11H,2H2,1H3. The van der Waals surface area contributed by atoms with Gasteiger partial charge in [-0.1, -0.05) is 0 Å². The smallest absolute Gasteiger partial charge is 0.446 e. The highest BCUT2D eigenvalue weighted by Gasteiger charge is 2.33. The molecule has 0 fully saturated rings. The first-order valence-corrected chi connectivity index (χ1v) is 6.46. The molecular formula is C12H8F5NO3S. The van der Waals surface area contributed by atoms with Crippen molar-refractivity contribution in [3.63, 3.8) is 0 Å². The van der Waals surface area contributed by atoms with Crippen LogP contribution in [0.15, 0.2) is 17.0 Å². The van der Waals surface area contributed by atoms with Crippen LogP contribution in [0.1, 0.15) is 22.8 Å². The van der Waals surface area contributed by atoms with E-state index in [4.69, 9.17) is 5.26 Å². The Kier molecular flexibility index (Phi) is 5.99. The van der Waals surface area contributed by atoms with Gasteiger partial charge < -0.3 is 9.47 Å². The molecule has 0 aliphatic heterocycles. The van der Waals surface area contributed by atoms with Crippen molar-refractivity contribution >= 4 is 17.7 Å². The molecule has 0 aliphatic carbocycles. The van der Waals surface area contributed by atoms with Crippen LogP contribution in [0.5, 0.6) is 5.75 Å². The number of thioether (sulfide) groups is 1. The molecule has 1 aromatic carbocycles. The molecule has 0 amide bonds. The van der Waals surface area contributed by atoms with Gasteiger partial charge in [-0.05, 0) is 30.8 Å². The summed E-state index contributed by atoms with van der Waals surface area (Å²) in [6.07, 6.45) is 0. The van der Waals surface area contributed by atoms with E-state index in [1.807, 2.05) is 0 Å². The summed E-state index contributed by atoms with van der Waals surface area (Å²) in [5.41, 5.74) is -6.22. The Bertz CT molecular complexity index is 598. The van der Waals surface area contributed by atoms with E-state index in [1.165, 1.54) is 13.0 Å². The third-order valence-corrected chi connectivity index (χ3v) is 2.95. The van der Waals surface area contributed by atoms with E-state index in [2.05, 4.69) is 9.47 Å². The Labute approximate surface area is 125 Å². The molecule has 0 radical (unpaired) electrons. The maximum Gasteiger partial charge on any atom is 0.446 e. The normalized spacial score (nSPS) is 11.2. The lowest BCUT2D eigenvalue weighted by molar-refractivity contribution is -0.0506. The number of alkyl halides is 5. The van der Waals surface area contributed by atoms with Gasteiger partial charge in [-0.3, -0.25) is 0 Å². The van der Waals surface area contributed by atoms with E-state index >= 15 is 0 Å². The van der Waals surface area contributed by atoms with Gasteiger partial charge in [0.1, 0.15) is 17.4 Å². The van der Waals surface area contributed by atoms with Gasteiger partial charge in [0.05, 0.1) is 12.2 Å². The van der Waals surface area contributed by atoms with Crippen molar-refractivity contribution in [2.24, 2.45) is 0 Å². The van der Waals surface area contributed by atoms with Crippen molar-refractivity contribution in [3.05, 3.63) is 23.3 Å². The molecule has 22 heavy (non-hydrogen) atoms. The molecule has 0 saturated carbocycles. The van der Waals surface area contributed by atoms with Gasteiger partial charge in [-0.15, -0.1) is 0 Å². The van der Waals surface area contributed by atoms with E-state index in [-0.39, 0.29) is 6.61 Å². The summed E-state index contributed by atoms with van der Waals surface area (Å²) in [6.45, 7) is -2.07. The van der Waals surface area contributed by atoms with Crippen molar-refractivity contribution in [1.82, 2.24) is 0 Å². The highest BCUT2D eigenvalue weighted by atomic mass is 32.2. The fraction of sp³-hybridized carbons (Fsp3) is 0.333. The Morgan fingerprint density at radius 3 is 2.50 bits per heavy atom. The van der Waals surface area contributed by atoms with Crippen LogP contribution in [0.4, 0.5) is 22.0 Å². The predicted octanol–water partition coefficient (Wildman–Crippen LogP) is 3.95. The Hall–Kier alpha value is -2.02. The van der Waals surface area contributed by atoms with Gasteiger partial charge in [-0.25, -0.2) is 4.79 Å². The fourth-order valence-corrected chi connectivity index (χ4v) is 2.12. The number of benzene rings is 1. The highest BCUT2D eigenvalue weighted by molar-refractivity contribution is 8.00. The van der Waals surface area contributed by atoms with Crippen LogP contribution in [0.2, 0.25) is 0 Å². The minimum atomic E-state index is -4.72. The van der Waals surface area contributed by atoms with Crippen LogP contribution in [0.3, 0.4) is 0 Å². The lowest BCUT2D eigenvalue weighted by atomic mass is 10.1. The quantitative estimate of drug-likeness (QED) is 0.461. The molecule has 0 aliphatic rings. The average molecular weight is 341 g/mol. The summed E-state index contributed by atoms with van der Waals surface area (Å²) in [5.74, 6) is -1.95. The number of carbonyl (C=O) groups excluding carboxylic acids is 1. The number of hydrogen-bond donors (Lipinski definition) is 0. The summed E-state index contributed by atoms with van der Waals surface area (Å²) in [5, 5.41) is 8.99. The van der Waals surface area contributed by atoms with Gasteiger partial charge >= 0.3 is 18.1 Å². The fourth-order valence-electron chi connectivity index (χ4n) is 1.49. The van der Waals surface area contributed by atoms with Crippen molar-refractivity contribution < 1.29 is 36.2 Å². The number of carbonyl (C=O) groups is 1. The molecule has 0 aromatic heterocycles. The SMILES string of the molecule is CCOC(=O)c1c(OC(F)F)ccc(SC(F)(F)F)c1C#N. The average Bonchev–Trinajstić information content (AvgIpc) is 2.37. The first kappa shape index (κ1) is 18.0. The van der Waals surface area contributed by atoms with Gasteiger partial charge in [0.15, 0.2) is 0 Å². The molecule has 0 heterocycles. The maximum atomic E-state index is 12.4. The van der Waals surface area contributed by atoms with Gasteiger partial charge in [0.2, 0.25) is 0 Å². The number of hydrogen-bond acceptors (Lipinski definition) is 5. The zero-order valence-corrected chi connectivity index (χ0v) is 11.7.